The summed E-state index contributed by atoms with van der Waals surface area (Å²) >= 11 is 0.846. The number of rotatable bonds is 4. The van der Waals surface area contributed by atoms with Gasteiger partial charge in [-0.25, -0.2) is 13.1 Å². The Morgan fingerprint density at radius 2 is 1.96 bits per heavy atom. The second kappa shape index (κ2) is 7.02. The summed E-state index contributed by atoms with van der Waals surface area (Å²) in [5, 5.41) is 3.39. The van der Waals surface area contributed by atoms with E-state index in [4.69, 9.17) is 0 Å². The Labute approximate surface area is 163 Å². The first-order chi connectivity index (χ1) is 13.2. The van der Waals surface area contributed by atoms with E-state index < -0.39 is 22.0 Å². The van der Waals surface area contributed by atoms with Gasteiger partial charge in [-0.1, -0.05) is 29.4 Å². The molecule has 10 heteroatoms. The fraction of sp³-hybridized carbons (Fsp3) is 0.278. The number of fused-ring (bicyclic) bond motifs is 1. The van der Waals surface area contributed by atoms with Crippen LogP contribution in [0.2, 0.25) is 0 Å². The first-order valence-electron chi connectivity index (χ1n) is 8.48. The second-order valence-corrected chi connectivity index (χ2v) is 9.48. The van der Waals surface area contributed by atoms with E-state index in [0.717, 1.165) is 41.4 Å². The molecule has 0 fully saturated rings. The highest BCUT2D eigenvalue weighted by Gasteiger charge is 2.36. The summed E-state index contributed by atoms with van der Waals surface area (Å²) in [6.07, 6.45) is -2.18. The first kappa shape index (κ1) is 19.2. The van der Waals surface area contributed by atoms with Gasteiger partial charge in [-0.3, -0.25) is 0 Å². The van der Waals surface area contributed by atoms with E-state index in [1.807, 2.05) is 24.3 Å². The Morgan fingerprint density at radius 1 is 1.18 bits per heavy atom. The number of nitrogens with one attached hydrogen (secondary N) is 1. The zero-order valence-electron chi connectivity index (χ0n) is 14.4. The third kappa shape index (κ3) is 3.71. The molecular formula is C18H15F3N2O3S2. The number of aryl methyl sites for hydroxylation is 1. The molecule has 5 nitrogen and oxygen atoms in total. The molecule has 2 aromatic heterocycles. The summed E-state index contributed by atoms with van der Waals surface area (Å²) in [7, 11) is -3.82. The number of hydrogen-bond donors (Lipinski definition) is 1. The average molecular weight is 428 g/mol. The van der Waals surface area contributed by atoms with Gasteiger partial charge in [0, 0.05) is 12.1 Å². The van der Waals surface area contributed by atoms with Crippen LogP contribution in [0.15, 0.2) is 51.2 Å². The molecule has 1 aliphatic carbocycles. The number of aromatic nitrogens is 1. The quantitative estimate of drug-likeness (QED) is 0.649. The zero-order chi connectivity index (χ0) is 19.9. The van der Waals surface area contributed by atoms with Gasteiger partial charge in [0.2, 0.25) is 5.76 Å². The second-order valence-electron chi connectivity index (χ2n) is 6.46. The van der Waals surface area contributed by atoms with Gasteiger partial charge in [0.1, 0.15) is 9.90 Å². The highest BCUT2D eigenvalue weighted by atomic mass is 32.2. The number of thiophene rings is 1. The van der Waals surface area contributed by atoms with Crippen molar-refractivity contribution < 1.29 is 26.1 Å². The molecule has 1 aromatic carbocycles. The van der Waals surface area contributed by atoms with Crippen molar-refractivity contribution in [1.82, 2.24) is 9.88 Å². The Bertz CT molecular complexity index is 1100. The van der Waals surface area contributed by atoms with Crippen molar-refractivity contribution in [2.45, 2.75) is 35.7 Å². The molecule has 1 atom stereocenters. The first-order valence-corrected chi connectivity index (χ1v) is 10.8. The lowest BCUT2D eigenvalue weighted by Crippen LogP contribution is -2.30. The van der Waals surface area contributed by atoms with Crippen molar-refractivity contribution in [3.8, 4) is 10.6 Å². The number of benzene rings is 1. The van der Waals surface area contributed by atoms with Crippen LogP contribution in [0.5, 0.6) is 0 Å². The molecule has 0 aliphatic heterocycles. The van der Waals surface area contributed by atoms with Crippen LogP contribution in [0.4, 0.5) is 13.2 Å². The zero-order valence-corrected chi connectivity index (χ0v) is 16.0. The molecule has 0 spiro atoms. The predicted molar refractivity (Wildman–Crippen MR) is 97.3 cm³/mol. The number of nitrogens with zero attached hydrogens (tertiary/aromatic N) is 1. The SMILES string of the molecule is O=S(=O)(NC1CCCc2ccccc21)c1ccc(-c2cc(C(F)(F)F)on2)s1. The molecule has 1 N–H and O–H groups in total. The van der Waals surface area contributed by atoms with E-state index in [-0.39, 0.29) is 20.8 Å². The molecule has 0 saturated heterocycles. The van der Waals surface area contributed by atoms with E-state index in [1.54, 1.807) is 0 Å². The van der Waals surface area contributed by atoms with E-state index >= 15 is 0 Å². The molecule has 4 rings (SSSR count). The summed E-state index contributed by atoms with van der Waals surface area (Å²) in [5.74, 6) is -1.22. The summed E-state index contributed by atoms with van der Waals surface area (Å²) in [5.41, 5.74) is 2.03. The molecule has 0 saturated carbocycles. The highest BCUT2D eigenvalue weighted by Crippen LogP contribution is 2.36. The average Bonchev–Trinajstić information content (AvgIpc) is 3.31. The molecule has 1 unspecified atom stereocenters. The Balaban J connectivity index is 1.58. The molecule has 0 bridgehead atoms. The van der Waals surface area contributed by atoms with Crippen LogP contribution in [0.25, 0.3) is 10.6 Å². The maximum Gasteiger partial charge on any atom is 0.452 e. The van der Waals surface area contributed by atoms with Gasteiger partial charge in [0.15, 0.2) is 0 Å². The van der Waals surface area contributed by atoms with Gasteiger partial charge in [0.05, 0.1) is 4.88 Å². The molecule has 1 aliphatic rings. The van der Waals surface area contributed by atoms with Crippen LogP contribution in [0.1, 0.15) is 35.8 Å². The third-order valence-electron chi connectivity index (χ3n) is 4.56. The van der Waals surface area contributed by atoms with Crippen molar-refractivity contribution in [1.29, 1.82) is 0 Å². The van der Waals surface area contributed by atoms with Crippen LogP contribution in [0.3, 0.4) is 0 Å². The van der Waals surface area contributed by atoms with E-state index in [2.05, 4.69) is 14.4 Å². The van der Waals surface area contributed by atoms with Gasteiger partial charge in [0.25, 0.3) is 10.0 Å². The standard InChI is InChI=1S/C18H15F3N2O3S2/c19-18(20,21)16-10-14(22-26-16)15-8-9-17(27-15)28(24,25)23-13-7-3-5-11-4-1-2-6-12(11)13/h1-2,4,6,8-10,13,23H,3,5,7H2. The van der Waals surface area contributed by atoms with Crippen LogP contribution in [-0.2, 0) is 22.6 Å². The lowest BCUT2D eigenvalue weighted by molar-refractivity contribution is -0.155. The van der Waals surface area contributed by atoms with Gasteiger partial charge in [-0.15, -0.1) is 11.3 Å². The van der Waals surface area contributed by atoms with Crippen LogP contribution in [0, 0.1) is 0 Å². The van der Waals surface area contributed by atoms with Crippen molar-refractivity contribution >= 4 is 21.4 Å². The fourth-order valence-electron chi connectivity index (χ4n) is 3.25. The molecular weight excluding hydrogens is 413 g/mol. The Morgan fingerprint density at radius 3 is 2.71 bits per heavy atom. The van der Waals surface area contributed by atoms with Gasteiger partial charge in [-0.2, -0.15) is 13.2 Å². The topological polar surface area (TPSA) is 72.2 Å². The largest absolute Gasteiger partial charge is 0.452 e. The molecule has 3 aromatic rings. The molecule has 148 valence electrons. The van der Waals surface area contributed by atoms with Gasteiger partial charge >= 0.3 is 6.18 Å². The van der Waals surface area contributed by atoms with Crippen molar-refractivity contribution in [3.63, 3.8) is 0 Å². The number of sulfonamides is 1. The van der Waals surface area contributed by atoms with E-state index in [9.17, 15) is 21.6 Å². The van der Waals surface area contributed by atoms with Crippen LogP contribution >= 0.6 is 11.3 Å². The molecule has 0 radical (unpaired) electrons. The molecule has 28 heavy (non-hydrogen) atoms. The highest BCUT2D eigenvalue weighted by molar-refractivity contribution is 7.91. The van der Waals surface area contributed by atoms with Crippen LogP contribution < -0.4 is 4.72 Å². The number of alkyl halides is 3. The predicted octanol–water partition coefficient (Wildman–Crippen LogP) is 4.78. The minimum Gasteiger partial charge on any atom is -0.351 e. The number of halogens is 3. The third-order valence-corrected chi connectivity index (χ3v) is 7.63. The van der Waals surface area contributed by atoms with E-state index in [0.29, 0.717) is 6.42 Å². The van der Waals surface area contributed by atoms with Crippen molar-refractivity contribution in [2.24, 2.45) is 0 Å². The molecule has 2 heterocycles. The van der Waals surface area contributed by atoms with Gasteiger partial charge in [-0.05, 0) is 42.5 Å². The Hall–Kier alpha value is -2.17. The summed E-state index contributed by atoms with van der Waals surface area (Å²) in [6, 6.07) is 10.9. The minimum absolute atomic E-state index is 0.0158. The normalized spacial score (nSPS) is 17.5. The lowest BCUT2D eigenvalue weighted by Gasteiger charge is -2.25. The van der Waals surface area contributed by atoms with E-state index in [1.165, 1.54) is 12.1 Å². The Kier molecular flexibility index (Phi) is 4.80. The maximum atomic E-state index is 12.8. The summed E-state index contributed by atoms with van der Waals surface area (Å²) in [4.78, 5) is 0.281. The van der Waals surface area contributed by atoms with Crippen LogP contribution in [-0.4, -0.2) is 13.6 Å². The summed E-state index contributed by atoms with van der Waals surface area (Å²) in [6.45, 7) is 0. The maximum absolute atomic E-state index is 12.8. The number of hydrogen-bond acceptors (Lipinski definition) is 5. The lowest BCUT2D eigenvalue weighted by atomic mass is 9.88. The van der Waals surface area contributed by atoms with Crippen molar-refractivity contribution in [2.75, 3.05) is 0 Å². The van der Waals surface area contributed by atoms with Crippen molar-refractivity contribution in [3.05, 3.63) is 59.4 Å². The fourth-order valence-corrected chi connectivity index (χ4v) is 5.77. The molecule has 0 amide bonds. The van der Waals surface area contributed by atoms with Gasteiger partial charge < -0.3 is 4.52 Å². The summed E-state index contributed by atoms with van der Waals surface area (Å²) < 4.78 is 70.6. The minimum atomic E-state index is -4.65. The smallest absolute Gasteiger partial charge is 0.351 e. The monoisotopic (exact) mass is 428 g/mol.